The lowest BCUT2D eigenvalue weighted by molar-refractivity contribution is -0.122. The molecular weight excluding hydrogens is 296 g/mol. The Morgan fingerprint density at radius 2 is 1.86 bits per heavy atom. The minimum Gasteiger partial charge on any atom is -0.370 e. The zero-order valence-corrected chi connectivity index (χ0v) is 13.2. The van der Waals surface area contributed by atoms with Crippen molar-refractivity contribution in [1.82, 2.24) is 5.32 Å². The van der Waals surface area contributed by atoms with E-state index in [9.17, 15) is 4.79 Å². The Kier molecular flexibility index (Phi) is 4.34. The van der Waals surface area contributed by atoms with Crippen LogP contribution in [0.25, 0.3) is 0 Å². The van der Waals surface area contributed by atoms with Gasteiger partial charge in [0.25, 0.3) is 0 Å². The van der Waals surface area contributed by atoms with Gasteiger partial charge in [0, 0.05) is 16.8 Å². The first-order valence-electron chi connectivity index (χ1n) is 7.52. The fraction of sp³-hybridized carbons (Fsp3) is 0.278. The van der Waals surface area contributed by atoms with Crippen LogP contribution in [0.15, 0.2) is 48.5 Å². The zero-order valence-electron chi connectivity index (χ0n) is 12.5. The number of nitrogens with one attached hydrogen (secondary N) is 2. The van der Waals surface area contributed by atoms with Crippen LogP contribution >= 0.6 is 11.6 Å². The smallest absolute Gasteiger partial charge is 0.247 e. The fourth-order valence-electron chi connectivity index (χ4n) is 2.38. The Bertz CT molecular complexity index is 668. The first-order valence-corrected chi connectivity index (χ1v) is 7.90. The largest absolute Gasteiger partial charge is 0.370 e. The Morgan fingerprint density at radius 1 is 1.14 bits per heavy atom. The molecule has 1 aliphatic rings. The van der Waals surface area contributed by atoms with Crippen molar-refractivity contribution in [3.05, 3.63) is 64.7 Å². The summed E-state index contributed by atoms with van der Waals surface area (Å²) in [6.45, 7) is 1.95. The highest BCUT2D eigenvalue weighted by Crippen LogP contribution is 2.28. The van der Waals surface area contributed by atoms with Crippen LogP contribution in [0.4, 0.5) is 5.69 Å². The van der Waals surface area contributed by atoms with E-state index in [2.05, 4.69) is 10.6 Å². The molecule has 0 radical (unpaired) electrons. The predicted octanol–water partition coefficient (Wildman–Crippen LogP) is 4.08. The summed E-state index contributed by atoms with van der Waals surface area (Å²) in [5.41, 5.74) is 2.77. The molecule has 1 saturated carbocycles. The van der Waals surface area contributed by atoms with Crippen LogP contribution in [0.1, 0.15) is 30.0 Å². The number of benzene rings is 2. The SMILES string of the molecule is Cc1c(Cl)cccc1N[C@H](C(=O)NC1CC1)c1ccccc1. The molecule has 1 aliphatic carbocycles. The third-order valence-electron chi connectivity index (χ3n) is 3.89. The van der Waals surface area contributed by atoms with Gasteiger partial charge in [0.05, 0.1) is 0 Å². The molecule has 22 heavy (non-hydrogen) atoms. The predicted molar refractivity (Wildman–Crippen MR) is 90.2 cm³/mol. The number of hydrogen-bond acceptors (Lipinski definition) is 2. The maximum Gasteiger partial charge on any atom is 0.247 e. The van der Waals surface area contributed by atoms with Gasteiger partial charge in [0.2, 0.25) is 5.91 Å². The van der Waals surface area contributed by atoms with Gasteiger partial charge < -0.3 is 10.6 Å². The van der Waals surface area contributed by atoms with Crippen LogP contribution in [0, 0.1) is 6.92 Å². The van der Waals surface area contributed by atoms with Crippen LogP contribution in [-0.4, -0.2) is 11.9 Å². The number of amides is 1. The second-order valence-corrected chi connectivity index (χ2v) is 6.09. The van der Waals surface area contributed by atoms with Gasteiger partial charge in [-0.05, 0) is 43.0 Å². The van der Waals surface area contributed by atoms with Crippen molar-refractivity contribution in [1.29, 1.82) is 0 Å². The lowest BCUT2D eigenvalue weighted by Crippen LogP contribution is -2.35. The molecule has 1 amide bonds. The number of carbonyl (C=O) groups is 1. The highest BCUT2D eigenvalue weighted by Gasteiger charge is 2.28. The van der Waals surface area contributed by atoms with Gasteiger partial charge in [-0.25, -0.2) is 0 Å². The number of hydrogen-bond donors (Lipinski definition) is 2. The van der Waals surface area contributed by atoms with Gasteiger partial charge in [-0.3, -0.25) is 4.79 Å². The van der Waals surface area contributed by atoms with E-state index in [1.54, 1.807) is 0 Å². The summed E-state index contributed by atoms with van der Waals surface area (Å²) >= 11 is 6.18. The van der Waals surface area contributed by atoms with Crippen molar-refractivity contribution in [2.45, 2.75) is 31.8 Å². The second-order valence-electron chi connectivity index (χ2n) is 5.68. The molecule has 1 atom stereocenters. The van der Waals surface area contributed by atoms with Gasteiger partial charge in [0.1, 0.15) is 6.04 Å². The number of anilines is 1. The van der Waals surface area contributed by atoms with Gasteiger partial charge in [-0.2, -0.15) is 0 Å². The lowest BCUT2D eigenvalue weighted by atomic mass is 10.0. The van der Waals surface area contributed by atoms with E-state index in [1.807, 2.05) is 55.5 Å². The molecule has 3 rings (SSSR count). The Balaban J connectivity index is 1.87. The van der Waals surface area contributed by atoms with Crippen molar-refractivity contribution in [3.63, 3.8) is 0 Å². The highest BCUT2D eigenvalue weighted by molar-refractivity contribution is 6.31. The number of halogens is 1. The fourth-order valence-corrected chi connectivity index (χ4v) is 2.55. The molecule has 0 aliphatic heterocycles. The summed E-state index contributed by atoms with van der Waals surface area (Å²) in [4.78, 5) is 12.6. The maximum atomic E-state index is 12.6. The first kappa shape index (κ1) is 14.9. The molecule has 0 aromatic heterocycles. The maximum absolute atomic E-state index is 12.6. The van der Waals surface area contributed by atoms with Crippen LogP contribution in [0.3, 0.4) is 0 Å². The minimum absolute atomic E-state index is 0.00748. The van der Waals surface area contributed by atoms with Crippen LogP contribution in [0.2, 0.25) is 5.02 Å². The van der Waals surface area contributed by atoms with Gasteiger partial charge in [0.15, 0.2) is 0 Å². The topological polar surface area (TPSA) is 41.1 Å². The molecule has 0 bridgehead atoms. The molecule has 2 aromatic rings. The molecule has 2 aromatic carbocycles. The molecule has 0 spiro atoms. The molecule has 0 heterocycles. The average Bonchev–Trinajstić information content (AvgIpc) is 3.33. The third kappa shape index (κ3) is 3.42. The van der Waals surface area contributed by atoms with Crippen molar-refractivity contribution >= 4 is 23.2 Å². The zero-order chi connectivity index (χ0) is 15.5. The molecule has 1 fully saturated rings. The highest BCUT2D eigenvalue weighted by atomic mass is 35.5. The molecule has 114 valence electrons. The summed E-state index contributed by atoms with van der Waals surface area (Å²) in [7, 11) is 0. The van der Waals surface area contributed by atoms with Crippen molar-refractivity contribution in [2.24, 2.45) is 0 Å². The molecular formula is C18H19ClN2O. The van der Waals surface area contributed by atoms with E-state index >= 15 is 0 Å². The summed E-state index contributed by atoms with van der Waals surface area (Å²) < 4.78 is 0. The van der Waals surface area contributed by atoms with Gasteiger partial charge in [-0.1, -0.05) is 48.0 Å². The average molecular weight is 315 g/mol. The number of rotatable bonds is 5. The van der Waals surface area contributed by atoms with E-state index in [-0.39, 0.29) is 5.91 Å². The third-order valence-corrected chi connectivity index (χ3v) is 4.30. The van der Waals surface area contributed by atoms with Gasteiger partial charge in [-0.15, -0.1) is 0 Å². The van der Waals surface area contributed by atoms with E-state index in [0.29, 0.717) is 11.1 Å². The molecule has 4 heteroatoms. The Hall–Kier alpha value is -2.00. The van der Waals surface area contributed by atoms with Crippen molar-refractivity contribution in [3.8, 4) is 0 Å². The molecule has 2 N–H and O–H groups in total. The van der Waals surface area contributed by atoms with E-state index in [0.717, 1.165) is 29.7 Å². The summed E-state index contributed by atoms with van der Waals surface area (Å²) in [5.74, 6) is 0.00748. The van der Waals surface area contributed by atoms with E-state index in [1.165, 1.54) is 0 Å². The van der Waals surface area contributed by atoms with Crippen molar-refractivity contribution < 1.29 is 4.79 Å². The quantitative estimate of drug-likeness (QED) is 0.873. The molecule has 0 saturated heterocycles. The Morgan fingerprint density at radius 3 is 2.55 bits per heavy atom. The monoisotopic (exact) mass is 314 g/mol. The van der Waals surface area contributed by atoms with E-state index < -0.39 is 6.04 Å². The summed E-state index contributed by atoms with van der Waals surface area (Å²) in [6, 6.07) is 15.4. The summed E-state index contributed by atoms with van der Waals surface area (Å²) in [6.07, 6.45) is 2.15. The van der Waals surface area contributed by atoms with Crippen LogP contribution < -0.4 is 10.6 Å². The lowest BCUT2D eigenvalue weighted by Gasteiger charge is -2.21. The standard InChI is InChI=1S/C18H19ClN2O/c1-12-15(19)8-5-9-16(12)21-17(13-6-3-2-4-7-13)18(22)20-14-10-11-14/h2-9,14,17,21H,10-11H2,1H3,(H,20,22)/t17-/m0/s1. The van der Waals surface area contributed by atoms with Gasteiger partial charge >= 0.3 is 0 Å². The van der Waals surface area contributed by atoms with Crippen molar-refractivity contribution in [2.75, 3.05) is 5.32 Å². The van der Waals surface area contributed by atoms with Crippen LogP contribution in [0.5, 0.6) is 0 Å². The molecule has 3 nitrogen and oxygen atoms in total. The Labute approximate surface area is 135 Å². The molecule has 0 unspecified atom stereocenters. The number of carbonyl (C=O) groups excluding carboxylic acids is 1. The van der Waals surface area contributed by atoms with Crippen LogP contribution in [-0.2, 0) is 4.79 Å². The minimum atomic E-state index is -0.418. The normalized spacial score (nSPS) is 15.2. The van der Waals surface area contributed by atoms with E-state index in [4.69, 9.17) is 11.6 Å². The first-order chi connectivity index (χ1) is 10.6. The summed E-state index contributed by atoms with van der Waals surface area (Å²) in [5, 5.41) is 7.11. The second kappa shape index (κ2) is 6.41.